The summed E-state index contributed by atoms with van der Waals surface area (Å²) in [5.41, 5.74) is 2.45. The molecule has 2 heteroatoms. The highest BCUT2D eigenvalue weighted by atomic mass is 16.1. The quantitative estimate of drug-likeness (QED) is 0.673. The van der Waals surface area contributed by atoms with Gasteiger partial charge in [-0.2, -0.15) is 0 Å². The van der Waals surface area contributed by atoms with E-state index in [1.807, 2.05) is 14.1 Å². The van der Waals surface area contributed by atoms with E-state index in [-0.39, 0.29) is 5.92 Å². The minimum atomic E-state index is 0.181. The van der Waals surface area contributed by atoms with Gasteiger partial charge in [0.1, 0.15) is 6.29 Å². The van der Waals surface area contributed by atoms with E-state index >= 15 is 0 Å². The van der Waals surface area contributed by atoms with Gasteiger partial charge < -0.3 is 9.69 Å². The first-order chi connectivity index (χ1) is 8.17. The number of unbranched alkanes of at least 4 members (excludes halogenated alkanes) is 1. The van der Waals surface area contributed by atoms with Crippen molar-refractivity contribution in [1.29, 1.82) is 0 Å². The average molecular weight is 233 g/mol. The topological polar surface area (TPSA) is 20.3 Å². The number of carbonyl (C=O) groups is 1. The van der Waals surface area contributed by atoms with Crippen molar-refractivity contribution < 1.29 is 4.79 Å². The SMILES string of the molecule is CCCCC(C=O)Cc1ccc(N(C)C)cc1. The third kappa shape index (κ3) is 4.59. The van der Waals surface area contributed by atoms with Gasteiger partial charge in [0.25, 0.3) is 0 Å². The molecule has 0 spiro atoms. The summed E-state index contributed by atoms with van der Waals surface area (Å²) < 4.78 is 0. The Morgan fingerprint density at radius 1 is 1.24 bits per heavy atom. The maximum Gasteiger partial charge on any atom is 0.123 e. The van der Waals surface area contributed by atoms with Crippen LogP contribution in [0.2, 0.25) is 0 Å². The predicted molar refractivity (Wildman–Crippen MR) is 73.6 cm³/mol. The van der Waals surface area contributed by atoms with Gasteiger partial charge >= 0.3 is 0 Å². The molecule has 0 saturated heterocycles. The zero-order valence-corrected chi connectivity index (χ0v) is 11.1. The molecule has 1 rings (SSSR count). The Morgan fingerprint density at radius 2 is 1.88 bits per heavy atom. The van der Waals surface area contributed by atoms with Crippen LogP contribution in [-0.4, -0.2) is 20.4 Å². The van der Waals surface area contributed by atoms with Crippen LogP contribution in [0.1, 0.15) is 31.7 Å². The van der Waals surface area contributed by atoms with Gasteiger partial charge in [0.05, 0.1) is 0 Å². The van der Waals surface area contributed by atoms with Crippen LogP contribution in [-0.2, 0) is 11.2 Å². The number of hydrogen-bond donors (Lipinski definition) is 0. The zero-order chi connectivity index (χ0) is 12.7. The number of rotatable bonds is 7. The molecule has 0 amide bonds. The van der Waals surface area contributed by atoms with Crippen LogP contribution >= 0.6 is 0 Å². The maximum atomic E-state index is 11.0. The summed E-state index contributed by atoms with van der Waals surface area (Å²) in [5, 5.41) is 0. The third-order valence-corrected chi connectivity index (χ3v) is 3.07. The molecule has 17 heavy (non-hydrogen) atoms. The Bertz CT molecular complexity index is 329. The number of hydrogen-bond acceptors (Lipinski definition) is 2. The number of benzene rings is 1. The Kier molecular flexibility index (Phi) is 5.75. The number of anilines is 1. The van der Waals surface area contributed by atoms with Crippen molar-refractivity contribution in [2.45, 2.75) is 32.6 Å². The van der Waals surface area contributed by atoms with Crippen molar-refractivity contribution >= 4 is 12.0 Å². The van der Waals surface area contributed by atoms with Gasteiger partial charge in [0.2, 0.25) is 0 Å². The molecule has 0 aliphatic carbocycles. The molecule has 0 aliphatic heterocycles. The van der Waals surface area contributed by atoms with Gasteiger partial charge in [-0.15, -0.1) is 0 Å². The molecule has 0 bridgehead atoms. The van der Waals surface area contributed by atoms with Crippen molar-refractivity contribution in [2.24, 2.45) is 5.92 Å². The Morgan fingerprint density at radius 3 is 2.35 bits per heavy atom. The molecule has 1 atom stereocenters. The summed E-state index contributed by atoms with van der Waals surface area (Å²) >= 11 is 0. The minimum Gasteiger partial charge on any atom is -0.378 e. The van der Waals surface area contributed by atoms with Gasteiger partial charge in [0, 0.05) is 25.7 Å². The normalized spacial score (nSPS) is 12.2. The lowest BCUT2D eigenvalue weighted by Gasteiger charge is -2.14. The maximum absolute atomic E-state index is 11.0. The molecule has 0 radical (unpaired) electrons. The molecule has 0 heterocycles. The summed E-state index contributed by atoms with van der Waals surface area (Å²) in [5.74, 6) is 0.181. The standard InChI is InChI=1S/C15H23NO/c1-4-5-6-14(12-17)11-13-7-9-15(10-8-13)16(2)3/h7-10,12,14H,4-6,11H2,1-3H3. The van der Waals surface area contributed by atoms with Crippen LogP contribution < -0.4 is 4.90 Å². The monoisotopic (exact) mass is 233 g/mol. The van der Waals surface area contributed by atoms with Gasteiger partial charge in [-0.3, -0.25) is 0 Å². The Hall–Kier alpha value is -1.31. The van der Waals surface area contributed by atoms with E-state index in [4.69, 9.17) is 0 Å². The Labute approximate surface area is 105 Å². The van der Waals surface area contributed by atoms with Crippen molar-refractivity contribution in [2.75, 3.05) is 19.0 Å². The van der Waals surface area contributed by atoms with Gasteiger partial charge in [-0.1, -0.05) is 31.9 Å². The van der Waals surface area contributed by atoms with Gasteiger partial charge in [-0.25, -0.2) is 0 Å². The lowest BCUT2D eigenvalue weighted by Crippen LogP contribution is -2.09. The highest BCUT2D eigenvalue weighted by molar-refractivity contribution is 5.54. The molecule has 0 saturated carbocycles. The van der Waals surface area contributed by atoms with Crippen molar-refractivity contribution in [3.05, 3.63) is 29.8 Å². The fourth-order valence-corrected chi connectivity index (χ4v) is 1.92. The number of nitrogens with zero attached hydrogens (tertiary/aromatic N) is 1. The smallest absolute Gasteiger partial charge is 0.123 e. The highest BCUT2D eigenvalue weighted by Crippen LogP contribution is 2.17. The van der Waals surface area contributed by atoms with Gasteiger partial charge in [-0.05, 0) is 30.5 Å². The lowest BCUT2D eigenvalue weighted by atomic mass is 9.95. The summed E-state index contributed by atoms with van der Waals surface area (Å²) in [7, 11) is 4.06. The molecule has 1 unspecified atom stereocenters. The predicted octanol–water partition coefficient (Wildman–Crippen LogP) is 3.30. The van der Waals surface area contributed by atoms with E-state index in [2.05, 4.69) is 36.1 Å². The molecule has 1 aromatic rings. The van der Waals surface area contributed by atoms with E-state index in [0.717, 1.165) is 32.0 Å². The molecule has 94 valence electrons. The van der Waals surface area contributed by atoms with Gasteiger partial charge in [0.15, 0.2) is 0 Å². The molecule has 2 nitrogen and oxygen atoms in total. The van der Waals surface area contributed by atoms with Crippen LogP contribution in [0.15, 0.2) is 24.3 Å². The van der Waals surface area contributed by atoms with E-state index in [9.17, 15) is 4.79 Å². The van der Waals surface area contributed by atoms with Crippen LogP contribution in [0.25, 0.3) is 0 Å². The van der Waals surface area contributed by atoms with Crippen molar-refractivity contribution in [3.8, 4) is 0 Å². The number of carbonyl (C=O) groups excluding carboxylic acids is 1. The average Bonchev–Trinajstić information content (AvgIpc) is 2.35. The van der Waals surface area contributed by atoms with Crippen LogP contribution in [0.5, 0.6) is 0 Å². The second-order valence-corrected chi connectivity index (χ2v) is 4.80. The second kappa shape index (κ2) is 7.10. The molecular formula is C15H23NO. The fourth-order valence-electron chi connectivity index (χ4n) is 1.92. The summed E-state index contributed by atoms with van der Waals surface area (Å²) in [6.45, 7) is 2.16. The lowest BCUT2D eigenvalue weighted by molar-refractivity contribution is -0.111. The number of aldehydes is 1. The third-order valence-electron chi connectivity index (χ3n) is 3.07. The van der Waals surface area contributed by atoms with Crippen LogP contribution in [0, 0.1) is 5.92 Å². The highest BCUT2D eigenvalue weighted by Gasteiger charge is 2.08. The largest absolute Gasteiger partial charge is 0.378 e. The van der Waals surface area contributed by atoms with E-state index < -0.39 is 0 Å². The van der Waals surface area contributed by atoms with E-state index in [0.29, 0.717) is 0 Å². The molecule has 0 aromatic heterocycles. The van der Waals surface area contributed by atoms with Crippen LogP contribution in [0.3, 0.4) is 0 Å². The molecule has 0 aliphatic rings. The van der Waals surface area contributed by atoms with Crippen LogP contribution in [0.4, 0.5) is 5.69 Å². The van der Waals surface area contributed by atoms with Crippen molar-refractivity contribution in [1.82, 2.24) is 0 Å². The first kappa shape index (κ1) is 13.8. The molecular weight excluding hydrogens is 210 g/mol. The Balaban J connectivity index is 2.57. The molecule has 0 fully saturated rings. The summed E-state index contributed by atoms with van der Waals surface area (Å²) in [6, 6.07) is 8.46. The minimum absolute atomic E-state index is 0.181. The fraction of sp³-hybridized carbons (Fsp3) is 0.533. The summed E-state index contributed by atoms with van der Waals surface area (Å²) in [4.78, 5) is 13.1. The first-order valence-electron chi connectivity index (χ1n) is 6.39. The van der Waals surface area contributed by atoms with Crippen molar-refractivity contribution in [3.63, 3.8) is 0 Å². The second-order valence-electron chi connectivity index (χ2n) is 4.80. The first-order valence-corrected chi connectivity index (χ1v) is 6.39. The van der Waals surface area contributed by atoms with E-state index in [1.54, 1.807) is 0 Å². The molecule has 0 N–H and O–H groups in total. The summed E-state index contributed by atoms with van der Waals surface area (Å²) in [6.07, 6.45) is 5.28. The molecule has 1 aromatic carbocycles. The zero-order valence-electron chi connectivity index (χ0n) is 11.1. The van der Waals surface area contributed by atoms with E-state index in [1.165, 1.54) is 11.3 Å².